The summed E-state index contributed by atoms with van der Waals surface area (Å²) < 4.78 is 0. The van der Waals surface area contributed by atoms with Crippen molar-refractivity contribution in [1.29, 1.82) is 0 Å². The zero-order chi connectivity index (χ0) is 18.8. The zero-order valence-corrected chi connectivity index (χ0v) is 16.4. The molecule has 2 aliphatic rings. The highest BCUT2D eigenvalue weighted by molar-refractivity contribution is 5.82. The Morgan fingerprint density at radius 1 is 1.08 bits per heavy atom. The number of nitrogens with zero attached hydrogens (tertiary/aromatic N) is 2. The molecule has 2 amide bonds. The van der Waals surface area contributed by atoms with E-state index in [1.807, 2.05) is 11.8 Å². The fourth-order valence-electron chi connectivity index (χ4n) is 3.72. The van der Waals surface area contributed by atoms with Gasteiger partial charge >= 0.3 is 0 Å². The van der Waals surface area contributed by atoms with Crippen LogP contribution in [0.25, 0.3) is 0 Å². The maximum Gasteiger partial charge on any atom is 0.225 e. The lowest BCUT2D eigenvalue weighted by molar-refractivity contribution is -0.135. The predicted octanol–water partition coefficient (Wildman–Crippen LogP) is 1.25. The third-order valence-corrected chi connectivity index (χ3v) is 5.24. The second-order valence-corrected chi connectivity index (χ2v) is 7.35. The first-order valence-corrected chi connectivity index (χ1v) is 10.2. The molecule has 0 aromatic carbocycles. The van der Waals surface area contributed by atoms with Crippen LogP contribution >= 0.6 is 0 Å². The Hall–Kier alpha value is -1.79. The van der Waals surface area contributed by atoms with Crippen molar-refractivity contribution >= 4 is 17.8 Å². The average molecular weight is 366 g/mol. The zero-order valence-electron chi connectivity index (χ0n) is 16.4. The minimum absolute atomic E-state index is 0.0555. The number of likely N-dealkylation sites (tertiary alicyclic amines) is 1. The van der Waals surface area contributed by atoms with Gasteiger partial charge in [0.2, 0.25) is 11.8 Å². The number of rotatable bonds is 7. The number of nitrogens with one attached hydrogen (secondary N) is 3. The van der Waals surface area contributed by atoms with Crippen molar-refractivity contribution < 1.29 is 9.59 Å². The predicted molar refractivity (Wildman–Crippen MR) is 104 cm³/mol. The van der Waals surface area contributed by atoms with E-state index in [4.69, 9.17) is 0 Å². The lowest BCUT2D eigenvalue weighted by atomic mass is 9.88. The first kappa shape index (κ1) is 20.5. The fraction of sp³-hybridized carbons (Fsp3) is 0.842. The first-order chi connectivity index (χ1) is 12.6. The van der Waals surface area contributed by atoms with E-state index in [1.54, 1.807) is 7.05 Å². The summed E-state index contributed by atoms with van der Waals surface area (Å²) in [6.07, 6.45) is 8.07. The van der Waals surface area contributed by atoms with Gasteiger partial charge < -0.3 is 20.9 Å². The summed E-state index contributed by atoms with van der Waals surface area (Å²) in [5, 5.41) is 9.43. The van der Waals surface area contributed by atoms with Crippen LogP contribution in [0.3, 0.4) is 0 Å². The van der Waals surface area contributed by atoms with Crippen LogP contribution in [0.5, 0.6) is 0 Å². The highest BCUT2D eigenvalue weighted by Crippen LogP contribution is 2.26. The Labute approximate surface area is 157 Å². The maximum atomic E-state index is 12.6. The molecule has 2 fully saturated rings. The fourth-order valence-corrected chi connectivity index (χ4v) is 3.72. The van der Waals surface area contributed by atoms with E-state index < -0.39 is 0 Å². The second kappa shape index (κ2) is 11.0. The summed E-state index contributed by atoms with van der Waals surface area (Å²) in [5.74, 6) is 1.33. The molecule has 1 saturated heterocycles. The Morgan fingerprint density at radius 2 is 1.85 bits per heavy atom. The molecule has 148 valence electrons. The Bertz CT molecular complexity index is 488. The highest BCUT2D eigenvalue weighted by Gasteiger charge is 2.31. The number of aliphatic imine (C=N–C) groups is 1. The van der Waals surface area contributed by atoms with Gasteiger partial charge in [-0.05, 0) is 25.7 Å². The molecule has 3 N–H and O–H groups in total. The topological polar surface area (TPSA) is 85.8 Å². The molecule has 1 heterocycles. The number of hydrogen-bond acceptors (Lipinski definition) is 3. The second-order valence-electron chi connectivity index (χ2n) is 7.35. The van der Waals surface area contributed by atoms with E-state index in [9.17, 15) is 9.59 Å². The van der Waals surface area contributed by atoms with Gasteiger partial charge in [-0.15, -0.1) is 0 Å². The summed E-state index contributed by atoms with van der Waals surface area (Å²) in [6, 6.07) is 0.225. The van der Waals surface area contributed by atoms with Crippen LogP contribution in [0.15, 0.2) is 4.99 Å². The van der Waals surface area contributed by atoms with Gasteiger partial charge in [-0.2, -0.15) is 0 Å². The van der Waals surface area contributed by atoms with Crippen molar-refractivity contribution in [1.82, 2.24) is 20.9 Å². The van der Waals surface area contributed by atoms with Gasteiger partial charge in [-0.25, -0.2) is 0 Å². The molecule has 0 aromatic heterocycles. The normalized spacial score (nSPS) is 21.5. The van der Waals surface area contributed by atoms with E-state index in [2.05, 4.69) is 20.9 Å². The molecule has 0 aromatic rings. The molecule has 1 unspecified atom stereocenters. The molecule has 7 nitrogen and oxygen atoms in total. The molecule has 1 aliphatic carbocycles. The Kier molecular flexibility index (Phi) is 8.71. The van der Waals surface area contributed by atoms with Gasteiger partial charge in [0, 0.05) is 51.6 Å². The standard InChI is InChI=1S/C19H35N5O2/c1-3-11-21-17(25)9-12-22-19(20-2)23-16-10-13-24(14-16)18(26)15-7-5-4-6-8-15/h15-16H,3-14H2,1-2H3,(H,21,25)(H2,20,22,23). The van der Waals surface area contributed by atoms with Crippen LogP contribution in [-0.4, -0.2) is 61.9 Å². The van der Waals surface area contributed by atoms with Gasteiger partial charge in [-0.1, -0.05) is 26.2 Å². The molecule has 0 bridgehead atoms. The number of carbonyl (C=O) groups excluding carboxylic acids is 2. The van der Waals surface area contributed by atoms with E-state index in [0.29, 0.717) is 24.8 Å². The van der Waals surface area contributed by atoms with Crippen LogP contribution in [0, 0.1) is 5.92 Å². The minimum atomic E-state index is 0.0555. The first-order valence-electron chi connectivity index (χ1n) is 10.2. The molecule has 7 heteroatoms. The number of guanidine groups is 1. The molecule has 1 aliphatic heterocycles. The molecule has 1 atom stereocenters. The molecular weight excluding hydrogens is 330 g/mol. The molecule has 1 saturated carbocycles. The summed E-state index contributed by atoms with van der Waals surface area (Å²) in [7, 11) is 1.73. The van der Waals surface area contributed by atoms with Crippen molar-refractivity contribution in [3.8, 4) is 0 Å². The maximum absolute atomic E-state index is 12.6. The lowest BCUT2D eigenvalue weighted by Gasteiger charge is -2.26. The van der Waals surface area contributed by atoms with Crippen molar-refractivity contribution in [3.05, 3.63) is 0 Å². The minimum Gasteiger partial charge on any atom is -0.356 e. The van der Waals surface area contributed by atoms with Gasteiger partial charge in [0.15, 0.2) is 5.96 Å². The van der Waals surface area contributed by atoms with E-state index >= 15 is 0 Å². The number of amides is 2. The van der Waals surface area contributed by atoms with Crippen LogP contribution in [0.4, 0.5) is 0 Å². The Morgan fingerprint density at radius 3 is 2.54 bits per heavy atom. The van der Waals surface area contributed by atoms with Crippen molar-refractivity contribution in [2.75, 3.05) is 33.2 Å². The average Bonchev–Trinajstić information content (AvgIpc) is 3.14. The van der Waals surface area contributed by atoms with Crippen molar-refractivity contribution in [2.24, 2.45) is 10.9 Å². The van der Waals surface area contributed by atoms with Crippen molar-refractivity contribution in [2.45, 2.75) is 64.3 Å². The number of carbonyl (C=O) groups is 2. The van der Waals surface area contributed by atoms with Gasteiger partial charge in [0.1, 0.15) is 0 Å². The van der Waals surface area contributed by atoms with Crippen molar-refractivity contribution in [3.63, 3.8) is 0 Å². The highest BCUT2D eigenvalue weighted by atomic mass is 16.2. The molecule has 0 radical (unpaired) electrons. The lowest BCUT2D eigenvalue weighted by Crippen LogP contribution is -2.46. The summed E-state index contributed by atoms with van der Waals surface area (Å²) in [6.45, 7) is 4.87. The van der Waals surface area contributed by atoms with E-state index in [-0.39, 0.29) is 17.9 Å². The summed E-state index contributed by atoms with van der Waals surface area (Å²) in [4.78, 5) is 30.5. The van der Waals surface area contributed by atoms with Crippen LogP contribution in [0.1, 0.15) is 58.3 Å². The molecule has 0 spiro atoms. The quantitative estimate of drug-likeness (QED) is 0.468. The van der Waals surface area contributed by atoms with Crippen LogP contribution in [-0.2, 0) is 9.59 Å². The van der Waals surface area contributed by atoms with E-state index in [1.165, 1.54) is 19.3 Å². The summed E-state index contributed by atoms with van der Waals surface area (Å²) in [5.41, 5.74) is 0. The smallest absolute Gasteiger partial charge is 0.225 e. The largest absolute Gasteiger partial charge is 0.356 e. The molecule has 26 heavy (non-hydrogen) atoms. The van der Waals surface area contributed by atoms with Gasteiger partial charge in [-0.3, -0.25) is 14.6 Å². The van der Waals surface area contributed by atoms with Crippen LogP contribution in [0.2, 0.25) is 0 Å². The third-order valence-electron chi connectivity index (χ3n) is 5.24. The monoisotopic (exact) mass is 365 g/mol. The van der Waals surface area contributed by atoms with E-state index in [0.717, 1.165) is 45.3 Å². The van der Waals surface area contributed by atoms with Crippen LogP contribution < -0.4 is 16.0 Å². The third kappa shape index (κ3) is 6.50. The molecule has 2 rings (SSSR count). The summed E-state index contributed by atoms with van der Waals surface area (Å²) >= 11 is 0. The Balaban J connectivity index is 1.68. The van der Waals surface area contributed by atoms with Gasteiger partial charge in [0.25, 0.3) is 0 Å². The molecular formula is C19H35N5O2. The number of hydrogen-bond donors (Lipinski definition) is 3. The van der Waals surface area contributed by atoms with Gasteiger partial charge in [0.05, 0.1) is 0 Å². The SMILES string of the molecule is CCCNC(=O)CCNC(=NC)NC1CCN(C(=O)C2CCCCC2)C1.